The van der Waals surface area contributed by atoms with Crippen LogP contribution in [-0.4, -0.2) is 45.5 Å². The van der Waals surface area contributed by atoms with Gasteiger partial charge in [-0.25, -0.2) is 5.01 Å². The van der Waals surface area contributed by atoms with Crippen LogP contribution in [0.1, 0.15) is 18.9 Å². The largest absolute Gasteiger partial charge is 0.304 e. The molecule has 1 N–H and O–H groups in total. The van der Waals surface area contributed by atoms with Crippen molar-refractivity contribution in [3.05, 3.63) is 54.4 Å². The van der Waals surface area contributed by atoms with Gasteiger partial charge < -0.3 is 5.32 Å². The van der Waals surface area contributed by atoms with Crippen LogP contribution in [0.25, 0.3) is 0 Å². The molecule has 6 heteroatoms. The molecule has 1 aromatic carbocycles. The first-order chi connectivity index (χ1) is 11.2. The van der Waals surface area contributed by atoms with Gasteiger partial charge in [-0.15, -0.1) is 0 Å². The molecule has 0 bridgehead atoms. The maximum absolute atomic E-state index is 12.3. The first kappa shape index (κ1) is 15.4. The molecule has 1 aliphatic rings. The van der Waals surface area contributed by atoms with Gasteiger partial charge in [0.1, 0.15) is 0 Å². The Bertz CT molecular complexity index is 666. The minimum absolute atomic E-state index is 0.00301. The smallest absolute Gasteiger partial charge is 0.256 e. The lowest BCUT2D eigenvalue weighted by molar-refractivity contribution is -0.129. The number of aromatic nitrogens is 2. The summed E-state index contributed by atoms with van der Waals surface area (Å²) in [6, 6.07) is 12.1. The Morgan fingerprint density at radius 1 is 1.30 bits per heavy atom. The van der Waals surface area contributed by atoms with E-state index < -0.39 is 0 Å². The monoisotopic (exact) mass is 311 g/mol. The molecule has 0 saturated carbocycles. The zero-order chi connectivity index (χ0) is 16.1. The van der Waals surface area contributed by atoms with Gasteiger partial charge in [0.2, 0.25) is 0 Å². The van der Waals surface area contributed by atoms with Gasteiger partial charge in [0.05, 0.1) is 25.3 Å². The van der Waals surface area contributed by atoms with Crippen LogP contribution in [0.2, 0.25) is 0 Å². The summed E-state index contributed by atoms with van der Waals surface area (Å²) in [5, 5.41) is 13.4. The second kappa shape index (κ2) is 7.19. The number of hydrazone groups is 1. The van der Waals surface area contributed by atoms with E-state index in [0.29, 0.717) is 6.54 Å². The van der Waals surface area contributed by atoms with Gasteiger partial charge in [-0.05, 0) is 18.6 Å². The molecule has 1 atom stereocenters. The van der Waals surface area contributed by atoms with E-state index in [9.17, 15) is 4.79 Å². The molecule has 0 spiro atoms. The Balaban J connectivity index is 1.50. The average molecular weight is 311 g/mol. The Hall–Kier alpha value is -2.47. The molecule has 1 aliphatic heterocycles. The SMILES string of the molecule is C[C@H](Cn1cccn1)NCC(=O)N1CCC(c2ccccc2)=N1. The number of hydrogen-bond acceptors (Lipinski definition) is 4. The third-order valence-corrected chi connectivity index (χ3v) is 3.82. The lowest BCUT2D eigenvalue weighted by Crippen LogP contribution is -2.39. The Labute approximate surface area is 135 Å². The third-order valence-electron chi connectivity index (χ3n) is 3.82. The highest BCUT2D eigenvalue weighted by atomic mass is 16.2. The van der Waals surface area contributed by atoms with Gasteiger partial charge >= 0.3 is 0 Å². The summed E-state index contributed by atoms with van der Waals surface area (Å²) in [5.41, 5.74) is 2.06. The van der Waals surface area contributed by atoms with Crippen LogP contribution in [0.4, 0.5) is 0 Å². The average Bonchev–Trinajstić information content (AvgIpc) is 3.25. The number of amides is 1. The summed E-state index contributed by atoms with van der Waals surface area (Å²) >= 11 is 0. The van der Waals surface area contributed by atoms with E-state index in [4.69, 9.17) is 0 Å². The molecular formula is C17H21N5O. The van der Waals surface area contributed by atoms with E-state index >= 15 is 0 Å². The van der Waals surface area contributed by atoms with Gasteiger partial charge in [-0.1, -0.05) is 30.3 Å². The predicted octanol–water partition coefficient (Wildman–Crippen LogP) is 1.50. The van der Waals surface area contributed by atoms with Gasteiger partial charge in [-0.3, -0.25) is 9.48 Å². The van der Waals surface area contributed by atoms with Crippen LogP contribution in [0, 0.1) is 0 Å². The summed E-state index contributed by atoms with van der Waals surface area (Å²) in [7, 11) is 0. The molecule has 23 heavy (non-hydrogen) atoms. The number of carbonyl (C=O) groups is 1. The van der Waals surface area contributed by atoms with Crippen molar-refractivity contribution in [3.8, 4) is 0 Å². The molecular weight excluding hydrogens is 290 g/mol. The van der Waals surface area contributed by atoms with E-state index in [1.54, 1.807) is 11.2 Å². The number of rotatable bonds is 6. The molecule has 0 aliphatic carbocycles. The maximum atomic E-state index is 12.3. The second-order valence-corrected chi connectivity index (χ2v) is 5.69. The molecule has 1 amide bonds. The molecule has 3 rings (SSSR count). The van der Waals surface area contributed by atoms with Crippen LogP contribution >= 0.6 is 0 Å². The minimum Gasteiger partial charge on any atom is -0.304 e. The third kappa shape index (κ3) is 4.04. The summed E-state index contributed by atoms with van der Waals surface area (Å²) < 4.78 is 1.85. The molecule has 1 aromatic heterocycles. The van der Waals surface area contributed by atoms with E-state index in [1.807, 2.05) is 54.2 Å². The molecule has 2 aromatic rings. The molecule has 120 valence electrons. The topological polar surface area (TPSA) is 62.5 Å². The summed E-state index contributed by atoms with van der Waals surface area (Å²) in [6.07, 6.45) is 4.47. The number of benzene rings is 1. The van der Waals surface area contributed by atoms with Crippen molar-refractivity contribution in [3.63, 3.8) is 0 Å². The highest BCUT2D eigenvalue weighted by molar-refractivity contribution is 6.02. The highest BCUT2D eigenvalue weighted by Gasteiger charge is 2.21. The van der Waals surface area contributed by atoms with Crippen molar-refractivity contribution in [1.82, 2.24) is 20.1 Å². The highest BCUT2D eigenvalue weighted by Crippen LogP contribution is 2.13. The van der Waals surface area contributed by atoms with Crippen LogP contribution in [0.15, 0.2) is 53.9 Å². The predicted molar refractivity (Wildman–Crippen MR) is 89.0 cm³/mol. The Morgan fingerprint density at radius 3 is 2.87 bits per heavy atom. The fourth-order valence-electron chi connectivity index (χ4n) is 2.58. The lowest BCUT2D eigenvalue weighted by atomic mass is 10.1. The number of carbonyl (C=O) groups excluding carboxylic acids is 1. The standard InChI is InChI=1S/C17H21N5O/c1-14(13-21-10-5-9-19-21)18-12-17(23)22-11-8-16(20-22)15-6-3-2-4-7-15/h2-7,9-10,14,18H,8,11-13H2,1H3/t14-/m1/s1. The summed E-state index contributed by atoms with van der Waals surface area (Å²) in [5.74, 6) is 0.00301. The van der Waals surface area contributed by atoms with Crippen molar-refractivity contribution in [2.24, 2.45) is 5.10 Å². The number of nitrogens with zero attached hydrogens (tertiary/aromatic N) is 4. The van der Waals surface area contributed by atoms with E-state index in [0.717, 1.165) is 24.2 Å². The van der Waals surface area contributed by atoms with Crippen LogP contribution in [0.3, 0.4) is 0 Å². The summed E-state index contributed by atoms with van der Waals surface area (Å²) in [4.78, 5) is 12.3. The van der Waals surface area contributed by atoms with Gasteiger partial charge in [-0.2, -0.15) is 10.2 Å². The fourth-order valence-corrected chi connectivity index (χ4v) is 2.58. The number of nitrogens with one attached hydrogen (secondary N) is 1. The molecule has 0 saturated heterocycles. The van der Waals surface area contributed by atoms with Crippen molar-refractivity contribution in [1.29, 1.82) is 0 Å². The second-order valence-electron chi connectivity index (χ2n) is 5.69. The fraction of sp³-hybridized carbons (Fsp3) is 0.353. The van der Waals surface area contributed by atoms with E-state index in [-0.39, 0.29) is 18.5 Å². The first-order valence-electron chi connectivity index (χ1n) is 7.86. The zero-order valence-electron chi connectivity index (χ0n) is 13.2. The number of hydrogen-bond donors (Lipinski definition) is 1. The normalized spacial score (nSPS) is 15.5. The molecule has 0 unspecified atom stereocenters. The van der Waals surface area contributed by atoms with Crippen molar-refractivity contribution in [2.75, 3.05) is 13.1 Å². The lowest BCUT2D eigenvalue weighted by Gasteiger charge is -2.16. The first-order valence-corrected chi connectivity index (χ1v) is 7.86. The quantitative estimate of drug-likeness (QED) is 0.879. The van der Waals surface area contributed by atoms with Gasteiger partial charge in [0.15, 0.2) is 0 Å². The minimum atomic E-state index is 0.00301. The summed E-state index contributed by atoms with van der Waals surface area (Å²) in [6.45, 7) is 3.71. The molecule has 0 fully saturated rings. The van der Waals surface area contributed by atoms with Crippen LogP contribution in [0.5, 0.6) is 0 Å². The van der Waals surface area contributed by atoms with Crippen LogP contribution in [-0.2, 0) is 11.3 Å². The Morgan fingerprint density at radius 2 is 2.13 bits per heavy atom. The molecule has 6 nitrogen and oxygen atoms in total. The van der Waals surface area contributed by atoms with Crippen molar-refractivity contribution in [2.45, 2.75) is 25.9 Å². The zero-order valence-corrected chi connectivity index (χ0v) is 13.2. The van der Waals surface area contributed by atoms with Gasteiger partial charge in [0.25, 0.3) is 5.91 Å². The van der Waals surface area contributed by atoms with E-state index in [1.165, 1.54) is 0 Å². The van der Waals surface area contributed by atoms with Crippen LogP contribution < -0.4 is 5.32 Å². The Kier molecular flexibility index (Phi) is 4.83. The molecule has 2 heterocycles. The van der Waals surface area contributed by atoms with Crippen molar-refractivity contribution >= 4 is 11.6 Å². The van der Waals surface area contributed by atoms with Crippen molar-refractivity contribution < 1.29 is 4.79 Å². The van der Waals surface area contributed by atoms with Gasteiger partial charge in [0, 0.05) is 24.9 Å². The molecule has 0 radical (unpaired) electrons. The maximum Gasteiger partial charge on any atom is 0.256 e. The van der Waals surface area contributed by atoms with E-state index in [2.05, 4.69) is 15.5 Å².